The minimum absolute atomic E-state index is 0.0160. The fraction of sp³-hybridized carbons (Fsp3) is 0.367. The molecular weight excluding hydrogens is 530 g/mol. The van der Waals surface area contributed by atoms with E-state index in [-0.39, 0.29) is 12.3 Å². The lowest BCUT2D eigenvalue weighted by Gasteiger charge is -2.37. The summed E-state index contributed by atoms with van der Waals surface area (Å²) in [6.45, 7) is 4.56. The number of carbonyl (C=O) groups is 2. The van der Waals surface area contributed by atoms with Crippen LogP contribution < -0.4 is 9.47 Å². The fourth-order valence-corrected chi connectivity index (χ4v) is 5.95. The number of methoxy groups -OCH3 is 2. The molecular formula is C30H33N3O6S. The van der Waals surface area contributed by atoms with Gasteiger partial charge in [0, 0.05) is 18.8 Å². The summed E-state index contributed by atoms with van der Waals surface area (Å²) >= 11 is 1.46. The zero-order valence-electron chi connectivity index (χ0n) is 22.9. The van der Waals surface area contributed by atoms with E-state index in [0.29, 0.717) is 62.1 Å². The Morgan fingerprint density at radius 3 is 2.55 bits per heavy atom. The summed E-state index contributed by atoms with van der Waals surface area (Å²) in [7, 11) is 2.96. The molecule has 1 fully saturated rings. The molecule has 1 amide bonds. The van der Waals surface area contributed by atoms with Crippen LogP contribution >= 0.6 is 11.8 Å². The van der Waals surface area contributed by atoms with Crippen molar-refractivity contribution in [3.8, 4) is 11.5 Å². The van der Waals surface area contributed by atoms with Crippen LogP contribution in [0.25, 0.3) is 0 Å². The van der Waals surface area contributed by atoms with Crippen LogP contribution in [0.4, 0.5) is 0 Å². The molecule has 0 spiro atoms. The average molecular weight is 564 g/mol. The Balaban J connectivity index is 1.49. The molecule has 40 heavy (non-hydrogen) atoms. The highest BCUT2D eigenvalue weighted by Crippen LogP contribution is 2.47. The second kappa shape index (κ2) is 12.6. The lowest BCUT2D eigenvalue weighted by atomic mass is 9.92. The Labute approximate surface area is 238 Å². The van der Waals surface area contributed by atoms with E-state index < -0.39 is 12.0 Å². The van der Waals surface area contributed by atoms with Gasteiger partial charge in [0.05, 0.1) is 51.2 Å². The maximum absolute atomic E-state index is 13.2. The van der Waals surface area contributed by atoms with Gasteiger partial charge in [-0.05, 0) is 35.1 Å². The maximum Gasteiger partial charge on any atom is 0.338 e. The molecule has 0 saturated carbocycles. The molecule has 210 valence electrons. The number of carbonyl (C=O) groups excluding carboxylic acids is 2. The minimum Gasteiger partial charge on any atom is -0.493 e. The molecule has 3 heterocycles. The number of nitrogens with zero attached hydrogens (tertiary/aromatic N) is 3. The van der Waals surface area contributed by atoms with E-state index in [1.165, 1.54) is 18.9 Å². The lowest BCUT2D eigenvalue weighted by molar-refractivity contribution is -0.136. The number of hydrogen-bond acceptors (Lipinski definition) is 9. The first kappa shape index (κ1) is 27.8. The normalized spacial score (nSPS) is 18.6. The summed E-state index contributed by atoms with van der Waals surface area (Å²) in [4.78, 5) is 35.0. The van der Waals surface area contributed by atoms with E-state index in [2.05, 4.69) is 0 Å². The van der Waals surface area contributed by atoms with Crippen molar-refractivity contribution in [1.29, 1.82) is 0 Å². The quantitative estimate of drug-likeness (QED) is 0.407. The van der Waals surface area contributed by atoms with Crippen molar-refractivity contribution in [2.24, 2.45) is 4.99 Å². The summed E-state index contributed by atoms with van der Waals surface area (Å²) in [5, 5.41) is 2.68. The van der Waals surface area contributed by atoms with Crippen molar-refractivity contribution < 1.29 is 28.5 Å². The van der Waals surface area contributed by atoms with Gasteiger partial charge in [0.15, 0.2) is 16.7 Å². The minimum atomic E-state index is -0.550. The number of amidine groups is 1. The summed E-state index contributed by atoms with van der Waals surface area (Å²) < 4.78 is 22.5. The largest absolute Gasteiger partial charge is 0.493 e. The molecule has 9 nitrogen and oxygen atoms in total. The molecule has 2 aromatic carbocycles. The first-order valence-electron chi connectivity index (χ1n) is 13.3. The molecule has 3 aliphatic rings. The molecule has 1 saturated heterocycles. The summed E-state index contributed by atoms with van der Waals surface area (Å²) in [5.41, 5.74) is 3.73. The van der Waals surface area contributed by atoms with E-state index in [4.69, 9.17) is 23.9 Å². The molecule has 0 unspecified atom stereocenters. The van der Waals surface area contributed by atoms with Gasteiger partial charge in [0.1, 0.15) is 6.61 Å². The highest BCUT2D eigenvalue weighted by atomic mass is 32.2. The van der Waals surface area contributed by atoms with Gasteiger partial charge in [-0.25, -0.2) is 9.79 Å². The topological polar surface area (TPSA) is 89.9 Å². The van der Waals surface area contributed by atoms with Crippen LogP contribution in [0.5, 0.6) is 11.5 Å². The Bertz CT molecular complexity index is 1350. The van der Waals surface area contributed by atoms with Crippen molar-refractivity contribution >= 4 is 28.8 Å². The first-order chi connectivity index (χ1) is 19.5. The van der Waals surface area contributed by atoms with E-state index in [0.717, 1.165) is 22.0 Å². The van der Waals surface area contributed by atoms with Crippen LogP contribution in [-0.2, 0) is 25.7 Å². The van der Waals surface area contributed by atoms with Gasteiger partial charge in [-0.15, -0.1) is 0 Å². The highest BCUT2D eigenvalue weighted by Gasteiger charge is 2.42. The molecule has 3 aliphatic heterocycles. The van der Waals surface area contributed by atoms with Crippen molar-refractivity contribution in [3.63, 3.8) is 0 Å². The number of esters is 1. The van der Waals surface area contributed by atoms with Crippen LogP contribution in [0.2, 0.25) is 0 Å². The van der Waals surface area contributed by atoms with E-state index in [1.54, 1.807) is 7.11 Å². The second-order valence-electron chi connectivity index (χ2n) is 9.45. The molecule has 0 N–H and O–H groups in total. The standard InChI is InChI=1S/C30H33N3O6S/c1-4-23-27(29(35)37-3)28(21-10-11-24(25(16-21)36-2)39-18-20-8-6-5-7-9-20)33-22(19-40-30(33)31-23)17-26(34)32-12-14-38-15-13-32/h5-11,16,19,28H,4,12-15,17-18H2,1-3H3/t28-/m1/s1. The van der Waals surface area contributed by atoms with E-state index >= 15 is 0 Å². The number of hydrogen-bond donors (Lipinski definition) is 0. The van der Waals surface area contributed by atoms with Crippen LogP contribution in [-0.4, -0.2) is 67.4 Å². The third-order valence-electron chi connectivity index (χ3n) is 7.07. The van der Waals surface area contributed by atoms with Crippen LogP contribution in [0.15, 0.2) is 75.9 Å². The Hall–Kier alpha value is -3.76. The van der Waals surface area contributed by atoms with Crippen molar-refractivity contribution in [3.05, 3.63) is 82.0 Å². The molecule has 0 radical (unpaired) electrons. The Morgan fingerprint density at radius 1 is 1.07 bits per heavy atom. The Kier molecular flexibility index (Phi) is 8.76. The fourth-order valence-electron chi connectivity index (χ4n) is 5.02. The molecule has 0 aliphatic carbocycles. The maximum atomic E-state index is 13.2. The number of aliphatic imine (C=N–C) groups is 1. The average Bonchev–Trinajstić information content (AvgIpc) is 3.41. The van der Waals surface area contributed by atoms with Crippen molar-refractivity contribution in [2.75, 3.05) is 40.5 Å². The first-order valence-corrected chi connectivity index (χ1v) is 14.2. The van der Waals surface area contributed by atoms with Crippen LogP contribution in [0, 0.1) is 0 Å². The molecule has 0 bridgehead atoms. The zero-order chi connectivity index (χ0) is 28.1. The third-order valence-corrected chi connectivity index (χ3v) is 7.95. The third kappa shape index (κ3) is 5.73. The van der Waals surface area contributed by atoms with Crippen molar-refractivity contribution in [1.82, 2.24) is 9.80 Å². The number of ether oxygens (including phenoxy) is 4. The summed E-state index contributed by atoms with van der Waals surface area (Å²) in [6.07, 6.45) is 0.740. The van der Waals surface area contributed by atoms with Gasteiger partial charge in [-0.1, -0.05) is 55.1 Å². The number of amides is 1. The van der Waals surface area contributed by atoms with Crippen LogP contribution in [0.3, 0.4) is 0 Å². The molecule has 0 aromatic heterocycles. The SMILES string of the molecule is CCC1=C(C(=O)OC)[C@@H](c2ccc(OCc3ccccc3)c(OC)c2)N2C(CC(=O)N3CCOCC3)=CSC2=N1. The number of rotatable bonds is 9. The number of fused-ring (bicyclic) bond motifs is 1. The smallest absolute Gasteiger partial charge is 0.338 e. The van der Waals surface area contributed by atoms with E-state index in [1.807, 2.05) is 70.7 Å². The molecule has 10 heteroatoms. The summed E-state index contributed by atoms with van der Waals surface area (Å²) in [5.74, 6) is 0.695. The van der Waals surface area contributed by atoms with Gasteiger partial charge in [-0.3, -0.25) is 4.79 Å². The van der Waals surface area contributed by atoms with Gasteiger partial charge < -0.3 is 28.7 Å². The predicted molar refractivity (Wildman–Crippen MR) is 153 cm³/mol. The van der Waals surface area contributed by atoms with Gasteiger partial charge in [0.2, 0.25) is 5.91 Å². The van der Waals surface area contributed by atoms with Gasteiger partial charge >= 0.3 is 5.97 Å². The van der Waals surface area contributed by atoms with Gasteiger partial charge in [-0.2, -0.15) is 0 Å². The number of allylic oxidation sites excluding steroid dienone is 1. The van der Waals surface area contributed by atoms with Crippen molar-refractivity contribution in [2.45, 2.75) is 32.4 Å². The number of morpholine rings is 1. The monoisotopic (exact) mass is 563 g/mol. The summed E-state index contributed by atoms with van der Waals surface area (Å²) in [6, 6.07) is 15.0. The number of thioether (sulfide) groups is 1. The Morgan fingerprint density at radius 2 is 1.85 bits per heavy atom. The number of benzene rings is 2. The molecule has 5 rings (SSSR count). The zero-order valence-corrected chi connectivity index (χ0v) is 23.7. The molecule has 2 aromatic rings. The molecule has 1 atom stereocenters. The highest BCUT2D eigenvalue weighted by molar-refractivity contribution is 8.16. The van der Waals surface area contributed by atoms with Gasteiger partial charge in [0.25, 0.3) is 0 Å². The lowest BCUT2D eigenvalue weighted by Crippen LogP contribution is -2.42. The second-order valence-corrected chi connectivity index (χ2v) is 10.3. The van der Waals surface area contributed by atoms with Crippen LogP contribution in [0.1, 0.15) is 36.9 Å². The predicted octanol–water partition coefficient (Wildman–Crippen LogP) is 4.66. The van der Waals surface area contributed by atoms with E-state index in [9.17, 15) is 9.59 Å².